The highest BCUT2D eigenvalue weighted by molar-refractivity contribution is 9.11. The molecule has 1 aromatic heterocycles. The van der Waals surface area contributed by atoms with E-state index in [2.05, 4.69) is 65.2 Å². The number of hydrazone groups is 1. The summed E-state index contributed by atoms with van der Waals surface area (Å²) in [5.41, 5.74) is 3.18. The molecule has 0 aliphatic rings. The number of hydrogen-bond donors (Lipinski definition) is 2. The normalized spacial score (nSPS) is 11.2. The molecule has 1 amide bonds. The Bertz CT molecular complexity index is 1420. The largest absolute Gasteiger partial charge is 0.506 e. The summed E-state index contributed by atoms with van der Waals surface area (Å²) in [5, 5.41) is 25.0. The molecule has 3 aromatic carbocycles. The Labute approximate surface area is 228 Å². The Kier molecular flexibility index (Phi) is 8.79. The summed E-state index contributed by atoms with van der Waals surface area (Å²) < 4.78 is 8.85. The minimum Gasteiger partial charge on any atom is -0.506 e. The van der Waals surface area contributed by atoms with E-state index < -0.39 is 0 Å². The van der Waals surface area contributed by atoms with Gasteiger partial charge in [-0.3, -0.25) is 9.36 Å². The van der Waals surface area contributed by atoms with E-state index in [1.165, 1.54) is 18.0 Å². The van der Waals surface area contributed by atoms with Crippen LogP contribution < -0.4 is 10.2 Å². The first kappa shape index (κ1) is 25.9. The van der Waals surface area contributed by atoms with Crippen molar-refractivity contribution >= 4 is 66.5 Å². The van der Waals surface area contributed by atoms with Gasteiger partial charge in [-0.05, 0) is 72.5 Å². The van der Waals surface area contributed by atoms with Crippen LogP contribution in [0.1, 0.15) is 11.4 Å². The summed E-state index contributed by atoms with van der Waals surface area (Å²) in [4.78, 5) is 12.3. The molecule has 11 heteroatoms. The van der Waals surface area contributed by atoms with Gasteiger partial charge in [0.05, 0.1) is 20.9 Å². The number of carbonyl (C=O) groups excluding carboxylic acids is 1. The van der Waals surface area contributed by atoms with Gasteiger partial charge in [0, 0.05) is 6.54 Å². The van der Waals surface area contributed by atoms with Gasteiger partial charge in [-0.25, -0.2) is 5.43 Å². The van der Waals surface area contributed by atoms with Crippen molar-refractivity contribution in [2.24, 2.45) is 5.10 Å². The number of fused-ring (bicyclic) bond motifs is 1. The van der Waals surface area contributed by atoms with Crippen molar-refractivity contribution in [3.8, 4) is 11.5 Å². The number of allylic oxidation sites excluding steroid dienone is 1. The number of halogens is 2. The van der Waals surface area contributed by atoms with Crippen molar-refractivity contribution in [2.75, 3.05) is 5.75 Å². The first-order valence-electron chi connectivity index (χ1n) is 10.7. The van der Waals surface area contributed by atoms with E-state index in [0.29, 0.717) is 32.0 Å². The lowest BCUT2D eigenvalue weighted by atomic mass is 10.1. The lowest BCUT2D eigenvalue weighted by molar-refractivity contribution is -0.118. The molecule has 184 valence electrons. The first-order chi connectivity index (χ1) is 17.4. The number of phenolic OH excluding ortho intramolecular Hbond substituents is 1. The Hall–Kier alpha value is -3.15. The quantitative estimate of drug-likeness (QED) is 0.101. The molecule has 1 heterocycles. The van der Waals surface area contributed by atoms with Gasteiger partial charge >= 0.3 is 0 Å². The van der Waals surface area contributed by atoms with Gasteiger partial charge in [-0.2, -0.15) is 5.10 Å². The Morgan fingerprint density at radius 1 is 1.14 bits per heavy atom. The molecule has 0 saturated carbocycles. The molecule has 0 bridgehead atoms. The van der Waals surface area contributed by atoms with E-state index in [-0.39, 0.29) is 24.0 Å². The van der Waals surface area contributed by atoms with E-state index in [9.17, 15) is 9.90 Å². The summed E-state index contributed by atoms with van der Waals surface area (Å²) in [6.07, 6.45) is 3.23. The van der Waals surface area contributed by atoms with Gasteiger partial charge in [-0.15, -0.1) is 16.8 Å². The highest BCUT2D eigenvalue weighted by Crippen LogP contribution is 2.32. The minimum atomic E-state index is -0.296. The molecule has 0 spiro atoms. The second-order valence-corrected chi connectivity index (χ2v) is 10.2. The van der Waals surface area contributed by atoms with Crippen molar-refractivity contribution in [1.82, 2.24) is 20.2 Å². The third kappa shape index (κ3) is 6.54. The fourth-order valence-corrected chi connectivity index (χ4v) is 5.23. The van der Waals surface area contributed by atoms with Gasteiger partial charge in [0.2, 0.25) is 0 Å². The van der Waals surface area contributed by atoms with E-state index in [4.69, 9.17) is 4.74 Å². The zero-order valence-electron chi connectivity index (χ0n) is 18.9. The fourth-order valence-electron chi connectivity index (χ4n) is 3.25. The maximum Gasteiger partial charge on any atom is 0.250 e. The molecule has 8 nitrogen and oxygen atoms in total. The van der Waals surface area contributed by atoms with Crippen LogP contribution in [0, 0.1) is 0 Å². The molecule has 36 heavy (non-hydrogen) atoms. The second kappa shape index (κ2) is 12.2. The average molecular weight is 631 g/mol. The van der Waals surface area contributed by atoms with Gasteiger partial charge in [0.15, 0.2) is 11.0 Å². The highest BCUT2D eigenvalue weighted by Gasteiger charge is 2.14. The molecule has 0 fully saturated rings. The summed E-state index contributed by atoms with van der Waals surface area (Å²) in [7, 11) is 0. The molecule has 0 atom stereocenters. The summed E-state index contributed by atoms with van der Waals surface area (Å²) in [6, 6.07) is 17.4. The van der Waals surface area contributed by atoms with E-state index in [1.54, 1.807) is 18.2 Å². The summed E-state index contributed by atoms with van der Waals surface area (Å²) in [6.45, 7) is 4.52. The second-order valence-electron chi connectivity index (χ2n) is 7.51. The number of benzene rings is 3. The number of amides is 1. The number of phenols is 1. The zero-order valence-corrected chi connectivity index (χ0v) is 22.9. The number of rotatable bonds is 10. The third-order valence-electron chi connectivity index (χ3n) is 4.97. The van der Waals surface area contributed by atoms with Crippen LogP contribution in [0.3, 0.4) is 0 Å². The summed E-state index contributed by atoms with van der Waals surface area (Å²) in [5.74, 6) is 1.27. The van der Waals surface area contributed by atoms with E-state index in [1.807, 2.05) is 41.0 Å². The Morgan fingerprint density at radius 2 is 1.89 bits per heavy atom. The van der Waals surface area contributed by atoms with Crippen LogP contribution in [0.4, 0.5) is 0 Å². The SMILES string of the molecule is C=CCn1c(COc2ccc3ccccc3c2)nnc1SCC(=O)N/N=C/c1cc(Br)c(O)c(Br)c1. The van der Waals surface area contributed by atoms with E-state index >= 15 is 0 Å². The van der Waals surface area contributed by atoms with Gasteiger partial charge in [-0.1, -0.05) is 48.2 Å². The van der Waals surface area contributed by atoms with Crippen LogP contribution in [0.2, 0.25) is 0 Å². The van der Waals surface area contributed by atoms with Crippen molar-refractivity contribution in [1.29, 1.82) is 0 Å². The zero-order chi connectivity index (χ0) is 25.5. The van der Waals surface area contributed by atoms with Crippen LogP contribution in [0.15, 0.2) is 86.5 Å². The fraction of sp³-hybridized carbons (Fsp3) is 0.120. The molecular formula is C25H21Br2N5O3S. The van der Waals surface area contributed by atoms with Crippen LogP contribution >= 0.6 is 43.6 Å². The number of aromatic nitrogens is 3. The number of carbonyl (C=O) groups is 1. The van der Waals surface area contributed by atoms with Crippen molar-refractivity contribution in [3.63, 3.8) is 0 Å². The average Bonchev–Trinajstić information content (AvgIpc) is 3.26. The third-order valence-corrected chi connectivity index (χ3v) is 7.14. The molecule has 4 aromatic rings. The predicted octanol–water partition coefficient (Wildman–Crippen LogP) is 5.67. The Morgan fingerprint density at radius 3 is 2.64 bits per heavy atom. The van der Waals surface area contributed by atoms with Crippen LogP contribution in [-0.2, 0) is 17.9 Å². The monoisotopic (exact) mass is 629 g/mol. The molecule has 0 aliphatic carbocycles. The Balaban J connectivity index is 1.34. The lowest BCUT2D eigenvalue weighted by Gasteiger charge is -2.09. The summed E-state index contributed by atoms with van der Waals surface area (Å²) >= 11 is 7.76. The predicted molar refractivity (Wildman–Crippen MR) is 148 cm³/mol. The van der Waals surface area contributed by atoms with Crippen molar-refractivity contribution in [2.45, 2.75) is 18.3 Å². The maximum atomic E-state index is 12.3. The van der Waals surface area contributed by atoms with Crippen molar-refractivity contribution < 1.29 is 14.6 Å². The van der Waals surface area contributed by atoms with E-state index in [0.717, 1.165) is 16.5 Å². The number of nitrogens with one attached hydrogen (secondary N) is 1. The number of ether oxygens (including phenoxy) is 1. The van der Waals surface area contributed by atoms with Gasteiger partial charge in [0.1, 0.15) is 18.1 Å². The van der Waals surface area contributed by atoms with Gasteiger partial charge < -0.3 is 9.84 Å². The van der Waals surface area contributed by atoms with Gasteiger partial charge in [0.25, 0.3) is 5.91 Å². The van der Waals surface area contributed by atoms with Crippen LogP contribution in [0.25, 0.3) is 10.8 Å². The molecule has 0 radical (unpaired) electrons. The maximum absolute atomic E-state index is 12.3. The molecule has 4 rings (SSSR count). The topological polar surface area (TPSA) is 102 Å². The standard InChI is InChI=1S/C25H21Br2N5O3S/c1-2-9-32-22(14-35-19-8-7-17-5-3-4-6-18(17)12-19)29-31-25(32)36-15-23(33)30-28-13-16-10-20(26)24(34)21(27)11-16/h2-8,10-13,34H,1,9,14-15H2,(H,30,33)/b28-13+. The lowest BCUT2D eigenvalue weighted by Crippen LogP contribution is -2.20. The smallest absolute Gasteiger partial charge is 0.250 e. The van der Waals surface area contributed by atoms with Crippen LogP contribution in [0.5, 0.6) is 11.5 Å². The molecule has 2 N–H and O–H groups in total. The molecule has 0 aliphatic heterocycles. The molecular weight excluding hydrogens is 610 g/mol. The highest BCUT2D eigenvalue weighted by atomic mass is 79.9. The first-order valence-corrected chi connectivity index (χ1v) is 13.3. The molecule has 0 saturated heterocycles. The van der Waals surface area contributed by atoms with Crippen molar-refractivity contribution in [3.05, 3.63) is 87.6 Å². The number of aromatic hydroxyl groups is 1. The minimum absolute atomic E-state index is 0.0956. The number of hydrogen-bond acceptors (Lipinski definition) is 7. The van der Waals surface area contributed by atoms with Crippen LogP contribution in [-0.4, -0.2) is 37.7 Å². The number of thioether (sulfide) groups is 1. The number of nitrogens with zero attached hydrogens (tertiary/aromatic N) is 4. The molecule has 0 unspecified atom stereocenters.